The third-order valence-corrected chi connectivity index (χ3v) is 1.29. The maximum atomic E-state index is 5.34. The second-order valence-electron chi connectivity index (χ2n) is 1.39. The first-order valence-electron chi connectivity index (χ1n) is 2.55. The standard InChI is InChI=1S/C4H7N3OS/c1-2-8-4-3(5)6-9-7-4/h2H2,1H3,(H2,5,6). The van der Waals surface area contributed by atoms with Crippen molar-refractivity contribution in [2.75, 3.05) is 12.3 Å². The Hall–Kier alpha value is -0.840. The molecule has 0 aliphatic rings. The van der Waals surface area contributed by atoms with E-state index in [0.717, 1.165) is 11.7 Å². The molecule has 0 spiro atoms. The number of nitrogen functional groups attached to an aromatic ring is 1. The van der Waals surface area contributed by atoms with Gasteiger partial charge in [-0.25, -0.2) is 0 Å². The summed E-state index contributed by atoms with van der Waals surface area (Å²) >= 11 is 1.06. The smallest absolute Gasteiger partial charge is 0.270 e. The Bertz CT molecular complexity index is 188. The fourth-order valence-corrected chi connectivity index (χ4v) is 0.852. The first-order chi connectivity index (χ1) is 4.34. The monoisotopic (exact) mass is 145 g/mol. The molecule has 1 aromatic rings. The van der Waals surface area contributed by atoms with Gasteiger partial charge in [0.1, 0.15) is 0 Å². The van der Waals surface area contributed by atoms with Gasteiger partial charge in [0, 0.05) is 0 Å². The summed E-state index contributed by atoms with van der Waals surface area (Å²) in [6.45, 7) is 2.45. The summed E-state index contributed by atoms with van der Waals surface area (Å²) in [5.41, 5.74) is 5.34. The molecule has 5 heteroatoms. The molecule has 0 saturated heterocycles. The number of nitrogens with zero attached hydrogens (tertiary/aromatic N) is 2. The zero-order chi connectivity index (χ0) is 6.69. The van der Waals surface area contributed by atoms with E-state index in [-0.39, 0.29) is 0 Å². The van der Waals surface area contributed by atoms with Crippen LogP contribution in [-0.4, -0.2) is 15.4 Å². The molecule has 0 amide bonds. The minimum Gasteiger partial charge on any atom is -0.475 e. The molecule has 0 aromatic carbocycles. The number of aromatic nitrogens is 2. The van der Waals surface area contributed by atoms with Crippen LogP contribution < -0.4 is 10.5 Å². The highest BCUT2D eigenvalue weighted by Gasteiger charge is 2.01. The van der Waals surface area contributed by atoms with E-state index in [1.165, 1.54) is 0 Å². The predicted octanol–water partition coefficient (Wildman–Crippen LogP) is 0.519. The van der Waals surface area contributed by atoms with E-state index in [1.807, 2.05) is 6.92 Å². The van der Waals surface area contributed by atoms with Crippen LogP contribution in [0.1, 0.15) is 6.92 Å². The molecule has 4 nitrogen and oxygen atoms in total. The van der Waals surface area contributed by atoms with Crippen molar-refractivity contribution in [3.8, 4) is 5.88 Å². The first kappa shape index (κ1) is 6.28. The van der Waals surface area contributed by atoms with Crippen LogP contribution in [0.2, 0.25) is 0 Å². The second kappa shape index (κ2) is 2.63. The number of hydrogen-bond acceptors (Lipinski definition) is 5. The van der Waals surface area contributed by atoms with Crippen LogP contribution in [0.4, 0.5) is 5.82 Å². The number of nitrogens with two attached hydrogens (primary N) is 1. The van der Waals surface area contributed by atoms with Crippen LogP contribution in [-0.2, 0) is 0 Å². The molecule has 0 radical (unpaired) electrons. The molecular formula is C4H7N3OS. The van der Waals surface area contributed by atoms with E-state index >= 15 is 0 Å². The molecule has 0 aliphatic carbocycles. The van der Waals surface area contributed by atoms with Crippen molar-refractivity contribution in [2.45, 2.75) is 6.92 Å². The molecule has 2 N–H and O–H groups in total. The lowest BCUT2D eigenvalue weighted by molar-refractivity contribution is 0.332. The molecule has 0 unspecified atom stereocenters. The molecule has 0 aliphatic heterocycles. The minimum absolute atomic E-state index is 0.377. The Morgan fingerprint density at radius 3 is 2.89 bits per heavy atom. The zero-order valence-corrected chi connectivity index (χ0v) is 5.81. The molecule has 1 heterocycles. The third kappa shape index (κ3) is 1.29. The van der Waals surface area contributed by atoms with E-state index in [4.69, 9.17) is 10.5 Å². The number of ether oxygens (including phenoxy) is 1. The van der Waals surface area contributed by atoms with E-state index in [2.05, 4.69) is 8.75 Å². The van der Waals surface area contributed by atoms with Crippen molar-refractivity contribution >= 4 is 17.5 Å². The maximum Gasteiger partial charge on any atom is 0.270 e. The number of anilines is 1. The van der Waals surface area contributed by atoms with Crippen molar-refractivity contribution in [3.63, 3.8) is 0 Å². The van der Waals surface area contributed by atoms with Crippen molar-refractivity contribution < 1.29 is 4.74 Å². The van der Waals surface area contributed by atoms with Gasteiger partial charge in [-0.3, -0.25) is 0 Å². The summed E-state index contributed by atoms with van der Waals surface area (Å²) in [6, 6.07) is 0. The van der Waals surface area contributed by atoms with E-state index in [1.54, 1.807) is 0 Å². The Kier molecular flexibility index (Phi) is 1.84. The van der Waals surface area contributed by atoms with Gasteiger partial charge in [0.05, 0.1) is 18.3 Å². The summed E-state index contributed by atoms with van der Waals surface area (Å²) < 4.78 is 12.5. The molecule has 0 saturated carbocycles. The van der Waals surface area contributed by atoms with E-state index in [9.17, 15) is 0 Å². The molecule has 1 rings (SSSR count). The molecule has 9 heavy (non-hydrogen) atoms. The summed E-state index contributed by atoms with van der Waals surface area (Å²) in [4.78, 5) is 0. The van der Waals surface area contributed by atoms with E-state index in [0.29, 0.717) is 18.3 Å². The third-order valence-electron chi connectivity index (χ3n) is 0.763. The number of rotatable bonds is 2. The van der Waals surface area contributed by atoms with Crippen molar-refractivity contribution in [2.24, 2.45) is 0 Å². The zero-order valence-electron chi connectivity index (χ0n) is 5.00. The van der Waals surface area contributed by atoms with Crippen LogP contribution in [0.25, 0.3) is 0 Å². The minimum atomic E-state index is 0.377. The molecule has 0 fully saturated rings. The topological polar surface area (TPSA) is 61.0 Å². The van der Waals surface area contributed by atoms with Crippen molar-refractivity contribution in [1.29, 1.82) is 0 Å². The van der Waals surface area contributed by atoms with Crippen molar-refractivity contribution in [3.05, 3.63) is 0 Å². The predicted molar refractivity (Wildman–Crippen MR) is 35.5 cm³/mol. The molecule has 0 bridgehead atoms. The van der Waals surface area contributed by atoms with E-state index < -0.39 is 0 Å². The fourth-order valence-electron chi connectivity index (χ4n) is 0.424. The molecule has 1 aromatic heterocycles. The summed E-state index contributed by atoms with van der Waals surface area (Å²) in [7, 11) is 0. The van der Waals surface area contributed by atoms with Gasteiger partial charge in [0.2, 0.25) is 5.82 Å². The highest BCUT2D eigenvalue weighted by Crippen LogP contribution is 2.15. The fraction of sp³-hybridized carbons (Fsp3) is 0.500. The second-order valence-corrected chi connectivity index (χ2v) is 1.92. The van der Waals surface area contributed by atoms with Gasteiger partial charge in [0.25, 0.3) is 5.88 Å². The highest BCUT2D eigenvalue weighted by molar-refractivity contribution is 6.99. The SMILES string of the molecule is CCOc1nsnc1N. The molecule has 50 valence electrons. The Balaban J connectivity index is 2.69. The first-order valence-corrected chi connectivity index (χ1v) is 3.28. The van der Waals surface area contributed by atoms with Crippen LogP contribution in [0.15, 0.2) is 0 Å². The Labute approximate surface area is 57.0 Å². The van der Waals surface area contributed by atoms with Crippen LogP contribution >= 0.6 is 11.7 Å². The van der Waals surface area contributed by atoms with Gasteiger partial charge >= 0.3 is 0 Å². The molecule has 0 atom stereocenters. The van der Waals surface area contributed by atoms with Crippen LogP contribution in [0.3, 0.4) is 0 Å². The lowest BCUT2D eigenvalue weighted by atomic mass is 10.7. The lowest BCUT2D eigenvalue weighted by Crippen LogP contribution is -1.95. The van der Waals surface area contributed by atoms with Gasteiger partial charge in [-0.15, -0.1) is 4.37 Å². The lowest BCUT2D eigenvalue weighted by Gasteiger charge is -1.94. The average molecular weight is 145 g/mol. The van der Waals surface area contributed by atoms with Crippen LogP contribution in [0, 0.1) is 0 Å². The normalized spacial score (nSPS) is 9.44. The summed E-state index contributed by atoms with van der Waals surface area (Å²) in [6.07, 6.45) is 0. The number of hydrogen-bond donors (Lipinski definition) is 1. The Morgan fingerprint density at radius 1 is 1.67 bits per heavy atom. The quantitative estimate of drug-likeness (QED) is 0.659. The van der Waals surface area contributed by atoms with Gasteiger partial charge in [-0.2, -0.15) is 4.37 Å². The van der Waals surface area contributed by atoms with Gasteiger partial charge in [-0.1, -0.05) is 0 Å². The van der Waals surface area contributed by atoms with Crippen molar-refractivity contribution in [1.82, 2.24) is 8.75 Å². The molecular weight excluding hydrogens is 138 g/mol. The van der Waals surface area contributed by atoms with Gasteiger partial charge < -0.3 is 10.5 Å². The average Bonchev–Trinajstić information content (AvgIpc) is 2.18. The van der Waals surface area contributed by atoms with Crippen LogP contribution in [0.5, 0.6) is 5.88 Å². The van der Waals surface area contributed by atoms with Gasteiger partial charge in [-0.05, 0) is 6.92 Å². The maximum absolute atomic E-state index is 5.34. The highest BCUT2D eigenvalue weighted by atomic mass is 32.1. The Morgan fingerprint density at radius 2 is 2.44 bits per heavy atom. The van der Waals surface area contributed by atoms with Gasteiger partial charge in [0.15, 0.2) is 0 Å². The summed E-state index contributed by atoms with van der Waals surface area (Å²) in [5.74, 6) is 0.823. The largest absolute Gasteiger partial charge is 0.475 e. The summed E-state index contributed by atoms with van der Waals surface area (Å²) in [5, 5.41) is 0.